The van der Waals surface area contributed by atoms with Gasteiger partial charge in [-0.1, -0.05) is 12.1 Å². The molecule has 4 rings (SSSR count). The maximum absolute atomic E-state index is 12.0. The Morgan fingerprint density at radius 2 is 2.04 bits per heavy atom. The van der Waals surface area contributed by atoms with Crippen molar-refractivity contribution in [2.24, 2.45) is 0 Å². The second-order valence-electron chi connectivity index (χ2n) is 7.04. The summed E-state index contributed by atoms with van der Waals surface area (Å²) in [7, 11) is -2.74. The molecule has 8 heteroatoms. The smallest absolute Gasteiger partial charge is 0.296 e. The number of benzene rings is 2. The van der Waals surface area contributed by atoms with E-state index in [1.807, 2.05) is 18.2 Å². The summed E-state index contributed by atoms with van der Waals surface area (Å²) in [6, 6.07) is 12.1. The van der Waals surface area contributed by atoms with Crippen molar-refractivity contribution < 1.29 is 22.1 Å². The minimum Gasteiger partial charge on any atom is -0.436 e. The maximum atomic E-state index is 12.0. The van der Waals surface area contributed by atoms with Crippen LogP contribution < -0.4 is 5.32 Å². The Labute approximate surface area is 163 Å². The Balaban J connectivity index is 1.68. The zero-order chi connectivity index (χ0) is 19.7. The third-order valence-corrected chi connectivity index (χ3v) is 6.01. The molecule has 0 amide bonds. The molecule has 0 radical (unpaired) electrons. The number of ether oxygens (including phenoxy) is 1. The van der Waals surface area contributed by atoms with E-state index in [4.69, 9.17) is 9.15 Å². The molecule has 1 heterocycles. The van der Waals surface area contributed by atoms with Crippen molar-refractivity contribution in [3.63, 3.8) is 0 Å². The molecule has 3 aromatic rings. The molecule has 1 saturated carbocycles. The number of rotatable bonds is 5. The number of aromatic nitrogens is 1. The van der Waals surface area contributed by atoms with Crippen LogP contribution >= 0.6 is 0 Å². The van der Waals surface area contributed by atoms with Crippen LogP contribution in [0.4, 0.5) is 5.69 Å². The molecular formula is C20H22N2O5S. The molecule has 1 aliphatic rings. The van der Waals surface area contributed by atoms with Gasteiger partial charge in [0.25, 0.3) is 10.1 Å². The van der Waals surface area contributed by atoms with Gasteiger partial charge in [0.2, 0.25) is 5.89 Å². The fourth-order valence-corrected chi connectivity index (χ4v) is 4.37. The first-order valence-electron chi connectivity index (χ1n) is 9.21. The lowest BCUT2D eigenvalue weighted by Gasteiger charge is -2.30. The van der Waals surface area contributed by atoms with Gasteiger partial charge in [0.1, 0.15) is 10.4 Å². The fourth-order valence-electron chi connectivity index (χ4n) is 3.69. The molecule has 2 unspecified atom stereocenters. The van der Waals surface area contributed by atoms with Crippen LogP contribution in [0.15, 0.2) is 51.8 Å². The van der Waals surface area contributed by atoms with Crippen molar-refractivity contribution in [2.75, 3.05) is 12.4 Å². The standard InChI is InChI=1S/C20H22N2O5S/c1-26-15-6-4-5-14(12-15)21-17-10-9-13(11-19(17)28(23,24)25)20-22-16-7-2-3-8-18(16)27-20/h2-3,7-11,14-15,21H,4-6,12H2,1H3,(H,23,24,25). The molecule has 2 atom stereocenters. The van der Waals surface area contributed by atoms with Gasteiger partial charge in [0, 0.05) is 18.7 Å². The molecule has 148 valence electrons. The minimum atomic E-state index is -4.43. The highest BCUT2D eigenvalue weighted by molar-refractivity contribution is 7.86. The highest BCUT2D eigenvalue weighted by Crippen LogP contribution is 2.32. The molecule has 1 aromatic heterocycles. The molecule has 2 aromatic carbocycles. The van der Waals surface area contributed by atoms with Crippen molar-refractivity contribution in [1.82, 2.24) is 4.98 Å². The van der Waals surface area contributed by atoms with E-state index in [0.29, 0.717) is 28.2 Å². The summed E-state index contributed by atoms with van der Waals surface area (Å²) in [5, 5.41) is 3.26. The largest absolute Gasteiger partial charge is 0.436 e. The number of nitrogens with zero attached hydrogens (tertiary/aromatic N) is 1. The zero-order valence-corrected chi connectivity index (χ0v) is 16.3. The molecule has 1 aliphatic carbocycles. The summed E-state index contributed by atoms with van der Waals surface area (Å²) >= 11 is 0. The van der Waals surface area contributed by atoms with Crippen LogP contribution in [0.1, 0.15) is 25.7 Å². The summed E-state index contributed by atoms with van der Waals surface area (Å²) in [6.07, 6.45) is 3.85. The van der Waals surface area contributed by atoms with Crippen LogP contribution in [0.25, 0.3) is 22.6 Å². The van der Waals surface area contributed by atoms with E-state index in [1.165, 1.54) is 6.07 Å². The van der Waals surface area contributed by atoms with Gasteiger partial charge in [-0.25, -0.2) is 4.98 Å². The monoisotopic (exact) mass is 402 g/mol. The highest BCUT2D eigenvalue weighted by Gasteiger charge is 2.25. The Bertz CT molecular complexity index is 1060. The topological polar surface area (TPSA) is 102 Å². The summed E-state index contributed by atoms with van der Waals surface area (Å²) in [6.45, 7) is 0. The summed E-state index contributed by atoms with van der Waals surface area (Å²) in [5.41, 5.74) is 2.14. The lowest BCUT2D eigenvalue weighted by atomic mass is 9.92. The van der Waals surface area contributed by atoms with Crippen molar-refractivity contribution in [3.8, 4) is 11.5 Å². The van der Waals surface area contributed by atoms with Gasteiger partial charge < -0.3 is 14.5 Å². The molecule has 28 heavy (non-hydrogen) atoms. The van der Waals surface area contributed by atoms with E-state index in [0.717, 1.165) is 25.7 Å². The summed E-state index contributed by atoms with van der Waals surface area (Å²) in [4.78, 5) is 4.20. The number of nitrogens with one attached hydrogen (secondary N) is 1. The Morgan fingerprint density at radius 3 is 2.79 bits per heavy atom. The summed E-state index contributed by atoms with van der Waals surface area (Å²) in [5.74, 6) is 0.301. The Hall–Kier alpha value is -2.42. The number of fused-ring (bicyclic) bond motifs is 1. The fraction of sp³-hybridized carbons (Fsp3) is 0.350. The van der Waals surface area contributed by atoms with Crippen LogP contribution in [0.2, 0.25) is 0 Å². The first kappa shape index (κ1) is 18.9. The quantitative estimate of drug-likeness (QED) is 0.619. The van der Waals surface area contributed by atoms with E-state index >= 15 is 0 Å². The van der Waals surface area contributed by atoms with Gasteiger partial charge >= 0.3 is 0 Å². The van der Waals surface area contributed by atoms with Crippen LogP contribution in [0.3, 0.4) is 0 Å². The van der Waals surface area contributed by atoms with Crippen molar-refractivity contribution in [2.45, 2.75) is 42.7 Å². The van der Waals surface area contributed by atoms with E-state index in [9.17, 15) is 13.0 Å². The van der Waals surface area contributed by atoms with Crippen LogP contribution in [0.5, 0.6) is 0 Å². The SMILES string of the molecule is COC1CCCC(Nc2ccc(-c3nc4ccccc4o3)cc2S(=O)(=O)O)C1. The third-order valence-electron chi connectivity index (χ3n) is 5.12. The molecule has 2 N–H and O–H groups in total. The van der Waals surface area contributed by atoms with E-state index < -0.39 is 10.1 Å². The first-order chi connectivity index (χ1) is 13.4. The van der Waals surface area contributed by atoms with Crippen LogP contribution in [-0.4, -0.2) is 37.2 Å². The van der Waals surface area contributed by atoms with E-state index in [-0.39, 0.29) is 17.0 Å². The Morgan fingerprint density at radius 1 is 1.21 bits per heavy atom. The zero-order valence-electron chi connectivity index (χ0n) is 15.5. The maximum Gasteiger partial charge on any atom is 0.296 e. The van der Waals surface area contributed by atoms with Crippen molar-refractivity contribution in [3.05, 3.63) is 42.5 Å². The van der Waals surface area contributed by atoms with E-state index in [2.05, 4.69) is 10.3 Å². The second-order valence-corrected chi connectivity index (χ2v) is 8.43. The first-order valence-corrected chi connectivity index (χ1v) is 10.6. The summed E-state index contributed by atoms with van der Waals surface area (Å²) < 4.78 is 44.9. The van der Waals surface area contributed by atoms with Gasteiger partial charge in [0.15, 0.2) is 5.58 Å². The Kier molecular flexibility index (Phi) is 5.09. The molecule has 0 saturated heterocycles. The number of para-hydroxylation sites is 2. The number of anilines is 1. The predicted molar refractivity (Wildman–Crippen MR) is 106 cm³/mol. The van der Waals surface area contributed by atoms with E-state index in [1.54, 1.807) is 25.3 Å². The van der Waals surface area contributed by atoms with Crippen LogP contribution in [0, 0.1) is 0 Å². The minimum absolute atomic E-state index is 0.0781. The van der Waals surface area contributed by atoms with Gasteiger partial charge in [-0.15, -0.1) is 0 Å². The molecular weight excluding hydrogens is 380 g/mol. The van der Waals surface area contributed by atoms with Gasteiger partial charge in [-0.2, -0.15) is 8.42 Å². The molecule has 0 bridgehead atoms. The average Bonchev–Trinajstić information content (AvgIpc) is 3.12. The molecule has 0 spiro atoms. The molecule has 7 nitrogen and oxygen atoms in total. The average molecular weight is 402 g/mol. The number of methoxy groups -OCH3 is 1. The lowest BCUT2D eigenvalue weighted by molar-refractivity contribution is 0.0669. The highest BCUT2D eigenvalue weighted by atomic mass is 32.2. The van der Waals surface area contributed by atoms with Crippen LogP contribution in [-0.2, 0) is 14.9 Å². The van der Waals surface area contributed by atoms with Gasteiger partial charge in [-0.05, 0) is 56.0 Å². The molecule has 0 aliphatic heterocycles. The van der Waals surface area contributed by atoms with Crippen molar-refractivity contribution in [1.29, 1.82) is 0 Å². The van der Waals surface area contributed by atoms with Crippen molar-refractivity contribution >= 4 is 26.9 Å². The number of oxazole rings is 1. The molecule has 1 fully saturated rings. The lowest BCUT2D eigenvalue weighted by Crippen LogP contribution is -2.31. The van der Waals surface area contributed by atoms with Gasteiger partial charge in [0.05, 0.1) is 11.8 Å². The third kappa shape index (κ3) is 3.89. The number of hydrogen-bond acceptors (Lipinski definition) is 6. The normalized spacial score (nSPS) is 20.4. The predicted octanol–water partition coefficient (Wildman–Crippen LogP) is 4.11. The van der Waals surface area contributed by atoms with Gasteiger partial charge in [-0.3, -0.25) is 4.55 Å². The second kappa shape index (κ2) is 7.54. The number of hydrogen-bond donors (Lipinski definition) is 2.